The average molecular weight is 266 g/mol. The molecule has 5 heteroatoms. The van der Waals surface area contributed by atoms with Gasteiger partial charge in [0.15, 0.2) is 17.6 Å². The molecule has 104 valence electrons. The number of benzene rings is 1. The number of aliphatic hydroxyl groups excluding tert-OH is 1. The fourth-order valence-electron chi connectivity index (χ4n) is 2.28. The first-order valence-corrected chi connectivity index (χ1v) is 6.37. The third-order valence-electron chi connectivity index (χ3n) is 3.33. The minimum absolute atomic E-state index is 0.145. The summed E-state index contributed by atoms with van der Waals surface area (Å²) in [5, 5.41) is 18.4. The van der Waals surface area contributed by atoms with E-state index in [-0.39, 0.29) is 6.10 Å². The Kier molecular flexibility index (Phi) is 4.27. The second-order valence-corrected chi connectivity index (χ2v) is 4.68. The topological polar surface area (TPSA) is 76.0 Å². The van der Waals surface area contributed by atoms with Crippen LogP contribution in [0, 0.1) is 0 Å². The van der Waals surface area contributed by atoms with Crippen molar-refractivity contribution in [3.63, 3.8) is 0 Å². The van der Waals surface area contributed by atoms with Crippen molar-refractivity contribution in [3.05, 3.63) is 23.8 Å². The van der Waals surface area contributed by atoms with Crippen molar-refractivity contribution >= 4 is 5.97 Å². The highest BCUT2D eigenvalue weighted by atomic mass is 16.5. The summed E-state index contributed by atoms with van der Waals surface area (Å²) < 4.78 is 11.0. The van der Waals surface area contributed by atoms with Gasteiger partial charge < -0.3 is 19.7 Å². The van der Waals surface area contributed by atoms with Crippen LogP contribution >= 0.6 is 0 Å². The molecular formula is C14H18O5. The number of carbonyl (C=O) groups is 1. The maximum absolute atomic E-state index is 10.8. The lowest BCUT2D eigenvalue weighted by Crippen LogP contribution is -2.14. The number of rotatable bonds is 5. The van der Waals surface area contributed by atoms with E-state index in [1.54, 1.807) is 6.07 Å². The van der Waals surface area contributed by atoms with Gasteiger partial charge in [0.25, 0.3) is 0 Å². The quantitative estimate of drug-likeness (QED) is 0.853. The summed E-state index contributed by atoms with van der Waals surface area (Å²) in [5.74, 6) is -0.238. The first-order valence-electron chi connectivity index (χ1n) is 6.37. The number of ether oxygens (including phenoxy) is 2. The summed E-state index contributed by atoms with van der Waals surface area (Å²) in [6, 6.07) is 4.68. The molecule has 0 heterocycles. The van der Waals surface area contributed by atoms with Gasteiger partial charge in [0.05, 0.1) is 13.2 Å². The molecule has 0 aliphatic heterocycles. The van der Waals surface area contributed by atoms with E-state index in [9.17, 15) is 9.90 Å². The Balaban J connectivity index is 2.22. The molecule has 1 aromatic carbocycles. The third kappa shape index (κ3) is 3.17. The maximum Gasteiger partial charge on any atom is 0.337 e. The van der Waals surface area contributed by atoms with Crippen LogP contribution in [0.25, 0.3) is 0 Å². The lowest BCUT2D eigenvalue weighted by Gasteiger charge is -2.17. The highest BCUT2D eigenvalue weighted by Gasteiger charge is 2.21. The fraction of sp³-hybridized carbons (Fsp3) is 0.500. The molecular weight excluding hydrogens is 248 g/mol. The zero-order valence-corrected chi connectivity index (χ0v) is 10.8. The van der Waals surface area contributed by atoms with Gasteiger partial charge in [0, 0.05) is 0 Å². The number of methoxy groups -OCH3 is 1. The van der Waals surface area contributed by atoms with E-state index in [0.717, 1.165) is 25.7 Å². The Morgan fingerprint density at radius 3 is 2.58 bits per heavy atom. The molecule has 1 aromatic rings. The maximum atomic E-state index is 10.8. The van der Waals surface area contributed by atoms with Crippen molar-refractivity contribution < 1.29 is 24.5 Å². The first-order chi connectivity index (χ1) is 9.11. The van der Waals surface area contributed by atoms with E-state index in [2.05, 4.69) is 0 Å². The normalized spacial score (nSPS) is 17.2. The van der Waals surface area contributed by atoms with E-state index in [0.29, 0.717) is 17.1 Å². The van der Waals surface area contributed by atoms with Gasteiger partial charge in [-0.15, -0.1) is 0 Å². The molecule has 0 amide bonds. The van der Waals surface area contributed by atoms with Crippen molar-refractivity contribution in [2.45, 2.75) is 37.9 Å². The fourth-order valence-corrected chi connectivity index (χ4v) is 2.28. The summed E-state index contributed by atoms with van der Waals surface area (Å²) >= 11 is 0. The molecule has 1 aliphatic carbocycles. The van der Waals surface area contributed by atoms with Crippen LogP contribution in [-0.2, 0) is 4.79 Å². The first kappa shape index (κ1) is 13.7. The minimum atomic E-state index is -1.54. The zero-order valence-electron chi connectivity index (χ0n) is 10.8. The largest absolute Gasteiger partial charge is 0.493 e. The van der Waals surface area contributed by atoms with Gasteiger partial charge in [-0.1, -0.05) is 6.07 Å². The highest BCUT2D eigenvalue weighted by molar-refractivity contribution is 5.74. The Bertz CT molecular complexity index is 451. The summed E-state index contributed by atoms with van der Waals surface area (Å²) in [7, 11) is 1.53. The van der Waals surface area contributed by atoms with Gasteiger partial charge in [-0.2, -0.15) is 0 Å². The minimum Gasteiger partial charge on any atom is -0.493 e. The van der Waals surface area contributed by atoms with Gasteiger partial charge in [0.2, 0.25) is 0 Å². The van der Waals surface area contributed by atoms with E-state index < -0.39 is 12.1 Å². The number of hydrogen-bond donors (Lipinski definition) is 2. The Hall–Kier alpha value is -1.75. The summed E-state index contributed by atoms with van der Waals surface area (Å²) in [5.41, 5.74) is 0.293. The Labute approximate surface area is 111 Å². The van der Waals surface area contributed by atoms with Gasteiger partial charge in [-0.25, -0.2) is 4.79 Å². The molecule has 2 N–H and O–H groups in total. The molecule has 0 radical (unpaired) electrons. The third-order valence-corrected chi connectivity index (χ3v) is 3.33. The SMILES string of the molecule is COc1ccc(C(O)C(=O)O)cc1OC1CCCC1. The molecule has 19 heavy (non-hydrogen) atoms. The average Bonchev–Trinajstić information content (AvgIpc) is 2.90. The molecule has 0 saturated heterocycles. The summed E-state index contributed by atoms with van der Waals surface area (Å²) in [4.78, 5) is 10.8. The van der Waals surface area contributed by atoms with Crippen LogP contribution in [0.15, 0.2) is 18.2 Å². The van der Waals surface area contributed by atoms with Crippen LogP contribution in [0.1, 0.15) is 37.4 Å². The van der Waals surface area contributed by atoms with Crippen molar-refractivity contribution in [2.75, 3.05) is 7.11 Å². The van der Waals surface area contributed by atoms with Crippen molar-refractivity contribution in [3.8, 4) is 11.5 Å². The second kappa shape index (κ2) is 5.93. The lowest BCUT2D eigenvalue weighted by atomic mass is 10.1. The molecule has 0 spiro atoms. The number of carboxylic acid groups (broad SMARTS) is 1. The standard InChI is InChI=1S/C14H18O5/c1-18-11-7-6-9(13(15)14(16)17)8-12(11)19-10-4-2-3-5-10/h6-8,10,13,15H,2-5H2,1H3,(H,16,17). The number of aliphatic carboxylic acids is 1. The molecule has 0 bridgehead atoms. The molecule has 1 unspecified atom stereocenters. The monoisotopic (exact) mass is 266 g/mol. The van der Waals surface area contributed by atoms with Crippen LogP contribution in [0.4, 0.5) is 0 Å². The lowest BCUT2D eigenvalue weighted by molar-refractivity contribution is -0.146. The van der Waals surface area contributed by atoms with Gasteiger partial charge in [0.1, 0.15) is 0 Å². The van der Waals surface area contributed by atoms with Crippen LogP contribution in [-0.4, -0.2) is 29.4 Å². The van der Waals surface area contributed by atoms with Gasteiger partial charge in [-0.05, 0) is 43.4 Å². The second-order valence-electron chi connectivity index (χ2n) is 4.68. The van der Waals surface area contributed by atoms with Crippen molar-refractivity contribution in [1.82, 2.24) is 0 Å². The van der Waals surface area contributed by atoms with Crippen LogP contribution < -0.4 is 9.47 Å². The number of carboxylic acids is 1. The molecule has 1 atom stereocenters. The van der Waals surface area contributed by atoms with E-state index in [1.165, 1.54) is 19.2 Å². The van der Waals surface area contributed by atoms with Crippen LogP contribution in [0.2, 0.25) is 0 Å². The number of aliphatic hydroxyl groups is 1. The van der Waals surface area contributed by atoms with Crippen molar-refractivity contribution in [1.29, 1.82) is 0 Å². The van der Waals surface area contributed by atoms with Crippen LogP contribution in [0.3, 0.4) is 0 Å². The molecule has 1 saturated carbocycles. The molecule has 2 rings (SSSR count). The molecule has 0 aromatic heterocycles. The smallest absolute Gasteiger partial charge is 0.337 e. The predicted octanol–water partition coefficient (Wildman–Crippen LogP) is 2.13. The van der Waals surface area contributed by atoms with E-state index in [4.69, 9.17) is 14.6 Å². The summed E-state index contributed by atoms with van der Waals surface area (Å²) in [6.45, 7) is 0. The zero-order chi connectivity index (χ0) is 13.8. The predicted molar refractivity (Wildman–Crippen MR) is 68.5 cm³/mol. The van der Waals surface area contributed by atoms with Crippen molar-refractivity contribution in [2.24, 2.45) is 0 Å². The Morgan fingerprint density at radius 1 is 1.32 bits per heavy atom. The molecule has 5 nitrogen and oxygen atoms in total. The molecule has 1 aliphatic rings. The number of hydrogen-bond acceptors (Lipinski definition) is 4. The highest BCUT2D eigenvalue weighted by Crippen LogP contribution is 2.33. The molecule has 1 fully saturated rings. The van der Waals surface area contributed by atoms with E-state index >= 15 is 0 Å². The Morgan fingerprint density at radius 2 is 2.00 bits per heavy atom. The van der Waals surface area contributed by atoms with Crippen LogP contribution in [0.5, 0.6) is 11.5 Å². The summed E-state index contributed by atoms with van der Waals surface area (Å²) in [6.07, 6.45) is 2.88. The van der Waals surface area contributed by atoms with Gasteiger partial charge >= 0.3 is 5.97 Å². The van der Waals surface area contributed by atoms with E-state index in [1.807, 2.05) is 0 Å². The van der Waals surface area contributed by atoms with Gasteiger partial charge in [-0.3, -0.25) is 0 Å².